The van der Waals surface area contributed by atoms with Crippen molar-refractivity contribution in [1.82, 2.24) is 15.3 Å². The van der Waals surface area contributed by atoms with E-state index in [-0.39, 0.29) is 5.91 Å². The number of carbonyl (C=O) groups excluding carboxylic acids is 1. The van der Waals surface area contributed by atoms with Crippen molar-refractivity contribution >= 4 is 17.2 Å². The molecular weight excluding hydrogens is 374 g/mol. The number of amides is 1. The zero-order valence-electron chi connectivity index (χ0n) is 16.2. The highest BCUT2D eigenvalue weighted by Gasteiger charge is 2.17. The molecule has 0 aliphatic rings. The topological polar surface area (TPSA) is 73.3 Å². The molecule has 0 aliphatic carbocycles. The molecule has 0 aliphatic heterocycles. The maximum absolute atomic E-state index is 12.7. The Hall–Kier alpha value is -2.93. The lowest BCUT2D eigenvalue weighted by atomic mass is 10.2. The lowest BCUT2D eigenvalue weighted by Crippen LogP contribution is -2.23. The van der Waals surface area contributed by atoms with Crippen molar-refractivity contribution in [3.63, 3.8) is 0 Å². The number of pyridine rings is 1. The minimum atomic E-state index is -0.154. The fraction of sp³-hybridized carbons (Fsp3) is 0.286. The summed E-state index contributed by atoms with van der Waals surface area (Å²) in [6.07, 6.45) is 1.67. The molecule has 6 nitrogen and oxygen atoms in total. The van der Waals surface area contributed by atoms with Crippen LogP contribution >= 0.6 is 11.3 Å². The Kier molecular flexibility index (Phi) is 6.60. The number of aryl methyl sites for hydroxylation is 1. The summed E-state index contributed by atoms with van der Waals surface area (Å²) < 4.78 is 11.0. The van der Waals surface area contributed by atoms with Crippen molar-refractivity contribution in [2.45, 2.75) is 27.3 Å². The molecule has 1 aromatic carbocycles. The van der Waals surface area contributed by atoms with Crippen molar-refractivity contribution in [3.05, 3.63) is 58.7 Å². The van der Waals surface area contributed by atoms with E-state index in [1.807, 2.05) is 57.2 Å². The van der Waals surface area contributed by atoms with Crippen molar-refractivity contribution in [1.29, 1.82) is 0 Å². The molecule has 0 radical (unpaired) electrons. The monoisotopic (exact) mass is 397 g/mol. The van der Waals surface area contributed by atoms with Crippen LogP contribution in [0.5, 0.6) is 11.6 Å². The zero-order chi connectivity index (χ0) is 19.9. The Morgan fingerprint density at radius 1 is 1.11 bits per heavy atom. The second kappa shape index (κ2) is 9.32. The fourth-order valence-corrected chi connectivity index (χ4v) is 3.66. The van der Waals surface area contributed by atoms with E-state index in [9.17, 15) is 4.79 Å². The fourth-order valence-electron chi connectivity index (χ4n) is 2.67. The number of hydrogen-bond acceptors (Lipinski definition) is 6. The molecular formula is C21H23N3O3S. The number of aromatic nitrogens is 2. The van der Waals surface area contributed by atoms with Gasteiger partial charge in [0.15, 0.2) is 0 Å². The third-order valence-electron chi connectivity index (χ3n) is 3.99. The third kappa shape index (κ3) is 4.67. The van der Waals surface area contributed by atoms with Gasteiger partial charge in [-0.3, -0.25) is 4.79 Å². The first-order valence-electron chi connectivity index (χ1n) is 9.18. The number of ether oxygens (including phenoxy) is 2. The summed E-state index contributed by atoms with van der Waals surface area (Å²) in [6.45, 7) is 7.20. The van der Waals surface area contributed by atoms with Crippen molar-refractivity contribution in [3.8, 4) is 22.2 Å². The van der Waals surface area contributed by atoms with E-state index in [1.54, 1.807) is 6.20 Å². The number of nitrogens with one attached hydrogen (secondary N) is 1. The highest BCUT2D eigenvalue weighted by atomic mass is 32.1. The van der Waals surface area contributed by atoms with Gasteiger partial charge in [-0.25, -0.2) is 9.97 Å². The Morgan fingerprint density at radius 2 is 1.86 bits per heavy atom. The molecule has 0 bridgehead atoms. The van der Waals surface area contributed by atoms with Crippen LogP contribution in [0.15, 0.2) is 42.6 Å². The zero-order valence-corrected chi connectivity index (χ0v) is 17.0. The van der Waals surface area contributed by atoms with Crippen LogP contribution in [0.2, 0.25) is 0 Å². The molecule has 3 aromatic rings. The Morgan fingerprint density at radius 3 is 2.57 bits per heavy atom. The van der Waals surface area contributed by atoms with Gasteiger partial charge in [0.1, 0.15) is 15.6 Å². The molecule has 28 heavy (non-hydrogen) atoms. The van der Waals surface area contributed by atoms with Gasteiger partial charge in [-0.1, -0.05) is 6.07 Å². The van der Waals surface area contributed by atoms with Gasteiger partial charge in [-0.2, -0.15) is 0 Å². The second-order valence-electron chi connectivity index (χ2n) is 5.97. The molecule has 1 N–H and O–H groups in total. The van der Waals surface area contributed by atoms with E-state index in [2.05, 4.69) is 15.3 Å². The predicted molar refractivity (Wildman–Crippen MR) is 110 cm³/mol. The van der Waals surface area contributed by atoms with Gasteiger partial charge in [-0.05, 0) is 51.1 Å². The van der Waals surface area contributed by atoms with Crippen LogP contribution in [-0.2, 0) is 6.54 Å². The average molecular weight is 398 g/mol. The maximum Gasteiger partial charge on any atom is 0.263 e. The summed E-state index contributed by atoms with van der Waals surface area (Å²) in [5.74, 6) is 1.21. The van der Waals surface area contributed by atoms with Gasteiger partial charge in [0, 0.05) is 23.9 Å². The summed E-state index contributed by atoms with van der Waals surface area (Å²) >= 11 is 1.38. The smallest absolute Gasteiger partial charge is 0.263 e. The van der Waals surface area contributed by atoms with Crippen molar-refractivity contribution < 1.29 is 14.3 Å². The predicted octanol–water partition coefficient (Wildman–Crippen LogP) is 4.24. The minimum Gasteiger partial charge on any atom is -0.494 e. The first-order valence-corrected chi connectivity index (χ1v) is 9.99. The second-order valence-corrected chi connectivity index (χ2v) is 6.97. The largest absolute Gasteiger partial charge is 0.494 e. The third-order valence-corrected chi connectivity index (χ3v) is 5.19. The highest BCUT2D eigenvalue weighted by Crippen LogP contribution is 2.29. The normalized spacial score (nSPS) is 10.5. The summed E-state index contributed by atoms with van der Waals surface area (Å²) in [4.78, 5) is 22.0. The molecule has 0 unspecified atom stereocenters. The van der Waals surface area contributed by atoms with Gasteiger partial charge in [0.2, 0.25) is 5.88 Å². The van der Waals surface area contributed by atoms with Crippen LogP contribution in [0, 0.1) is 6.92 Å². The molecule has 1 amide bonds. The number of thiazole rings is 1. The Balaban J connectivity index is 1.71. The summed E-state index contributed by atoms with van der Waals surface area (Å²) in [7, 11) is 0. The molecule has 0 saturated heterocycles. The van der Waals surface area contributed by atoms with Gasteiger partial charge in [0.25, 0.3) is 5.91 Å². The SMILES string of the molecule is CCOc1ccc(-c2nc(C)c(C(=O)NCc3cccnc3OCC)s2)cc1. The first-order chi connectivity index (χ1) is 13.6. The number of nitrogens with zero attached hydrogens (tertiary/aromatic N) is 2. The van der Waals surface area contributed by atoms with Gasteiger partial charge in [0.05, 0.1) is 18.9 Å². The number of carbonyl (C=O) groups is 1. The van der Waals surface area contributed by atoms with E-state index in [0.29, 0.717) is 36.2 Å². The summed E-state index contributed by atoms with van der Waals surface area (Å²) in [5, 5.41) is 3.74. The Bertz CT molecular complexity index is 938. The van der Waals surface area contributed by atoms with Crippen LogP contribution in [0.1, 0.15) is 34.8 Å². The molecule has 0 saturated carbocycles. The van der Waals surface area contributed by atoms with Gasteiger partial charge < -0.3 is 14.8 Å². The van der Waals surface area contributed by atoms with Crippen LogP contribution < -0.4 is 14.8 Å². The van der Waals surface area contributed by atoms with E-state index in [4.69, 9.17) is 9.47 Å². The van der Waals surface area contributed by atoms with Crippen LogP contribution in [0.4, 0.5) is 0 Å². The molecule has 0 fully saturated rings. The molecule has 3 rings (SSSR count). The van der Waals surface area contributed by atoms with Crippen LogP contribution in [0.25, 0.3) is 10.6 Å². The average Bonchev–Trinajstić information content (AvgIpc) is 3.10. The molecule has 2 heterocycles. The molecule has 2 aromatic heterocycles. The van der Waals surface area contributed by atoms with Crippen LogP contribution in [-0.4, -0.2) is 29.1 Å². The molecule has 146 valence electrons. The van der Waals surface area contributed by atoms with Crippen LogP contribution in [0.3, 0.4) is 0 Å². The van der Waals surface area contributed by atoms with Crippen molar-refractivity contribution in [2.24, 2.45) is 0 Å². The Labute approximate surface area is 168 Å². The summed E-state index contributed by atoms with van der Waals surface area (Å²) in [6, 6.07) is 11.4. The van der Waals surface area contributed by atoms with E-state index in [0.717, 1.165) is 21.9 Å². The maximum atomic E-state index is 12.7. The highest BCUT2D eigenvalue weighted by molar-refractivity contribution is 7.17. The number of benzene rings is 1. The first kappa shape index (κ1) is 19.8. The molecule has 0 atom stereocenters. The quantitative estimate of drug-likeness (QED) is 0.615. The van der Waals surface area contributed by atoms with E-state index >= 15 is 0 Å². The van der Waals surface area contributed by atoms with Crippen molar-refractivity contribution in [2.75, 3.05) is 13.2 Å². The van der Waals surface area contributed by atoms with Gasteiger partial charge >= 0.3 is 0 Å². The van der Waals surface area contributed by atoms with E-state index in [1.165, 1.54) is 11.3 Å². The number of rotatable bonds is 8. The minimum absolute atomic E-state index is 0.154. The molecule has 7 heteroatoms. The lowest BCUT2D eigenvalue weighted by molar-refractivity contribution is 0.0954. The molecule has 0 spiro atoms. The lowest BCUT2D eigenvalue weighted by Gasteiger charge is -2.09. The summed E-state index contributed by atoms with van der Waals surface area (Å²) in [5.41, 5.74) is 2.51. The van der Waals surface area contributed by atoms with E-state index < -0.39 is 0 Å². The van der Waals surface area contributed by atoms with Gasteiger partial charge in [-0.15, -0.1) is 11.3 Å². The number of hydrogen-bond donors (Lipinski definition) is 1. The standard InChI is InChI=1S/C21H23N3O3S/c1-4-26-17-10-8-15(9-11-17)21-24-14(3)18(28-21)19(25)23-13-16-7-6-12-22-20(16)27-5-2/h6-12H,4-5,13H2,1-3H3,(H,23,25).